The van der Waals surface area contributed by atoms with Crippen LogP contribution in [0.5, 0.6) is 0 Å². The molecule has 0 unspecified atom stereocenters. The molecule has 18 heavy (non-hydrogen) atoms. The molecule has 0 radical (unpaired) electrons. The number of fused-ring (bicyclic) bond motifs is 1. The Bertz CT molecular complexity index is 620. The van der Waals surface area contributed by atoms with Gasteiger partial charge in [0.25, 0.3) is 0 Å². The zero-order chi connectivity index (χ0) is 12.5. The van der Waals surface area contributed by atoms with Gasteiger partial charge in [-0.05, 0) is 29.3 Å². The number of ether oxygens (including phenoxy) is 1. The first-order chi connectivity index (χ1) is 8.75. The predicted octanol–water partition coefficient (Wildman–Crippen LogP) is 3.09. The number of hydrogen-bond donors (Lipinski definition) is 0. The smallest absolute Gasteiger partial charge is 0.195 e. The van der Waals surface area contributed by atoms with E-state index in [1.165, 1.54) is 12.1 Å². The average molecular weight is 242 g/mol. The molecule has 1 aliphatic heterocycles. The van der Waals surface area contributed by atoms with Crippen molar-refractivity contribution in [3.8, 4) is 0 Å². The normalized spacial score (nSPS) is 13.4. The average Bonchev–Trinajstić information content (AvgIpc) is 2.85. The molecular weight excluding hydrogens is 231 g/mol. The Hall–Kier alpha value is -2.00. The van der Waals surface area contributed by atoms with E-state index in [2.05, 4.69) is 0 Å². The molecule has 3 heteroatoms. The van der Waals surface area contributed by atoms with E-state index in [1.807, 2.05) is 6.07 Å². The van der Waals surface area contributed by atoms with Crippen molar-refractivity contribution >= 4 is 5.78 Å². The lowest BCUT2D eigenvalue weighted by atomic mass is 9.99. The summed E-state index contributed by atoms with van der Waals surface area (Å²) in [6.45, 7) is 1.11. The monoisotopic (exact) mass is 242 g/mol. The van der Waals surface area contributed by atoms with Crippen molar-refractivity contribution in [1.82, 2.24) is 0 Å². The zero-order valence-electron chi connectivity index (χ0n) is 9.65. The van der Waals surface area contributed by atoms with Gasteiger partial charge in [0.05, 0.1) is 18.8 Å². The third-order valence-corrected chi connectivity index (χ3v) is 3.10. The van der Waals surface area contributed by atoms with Crippen molar-refractivity contribution in [1.29, 1.82) is 0 Å². The number of carbonyl (C=O) groups excluding carboxylic acids is 1. The number of halogens is 1. The highest BCUT2D eigenvalue weighted by atomic mass is 19.1. The molecule has 0 saturated carbocycles. The van der Waals surface area contributed by atoms with Gasteiger partial charge in [0.2, 0.25) is 0 Å². The Morgan fingerprint density at radius 2 is 1.83 bits per heavy atom. The molecular formula is C15H11FO2. The van der Waals surface area contributed by atoms with E-state index >= 15 is 0 Å². The molecule has 0 bridgehead atoms. The highest BCUT2D eigenvalue weighted by molar-refractivity contribution is 6.09. The van der Waals surface area contributed by atoms with Crippen LogP contribution in [0.4, 0.5) is 4.39 Å². The molecule has 1 heterocycles. The molecule has 2 aromatic rings. The molecule has 90 valence electrons. The Balaban J connectivity index is 2.01. The maximum Gasteiger partial charge on any atom is 0.195 e. The summed E-state index contributed by atoms with van der Waals surface area (Å²) in [4.78, 5) is 12.2. The molecule has 0 amide bonds. The standard InChI is InChI=1S/C15H11FO2/c16-14-4-2-1-3-13(14)15(17)10-5-6-11-8-18-9-12(11)7-10/h1-7H,8-9H2. The van der Waals surface area contributed by atoms with E-state index in [9.17, 15) is 9.18 Å². The molecule has 0 spiro atoms. The van der Waals surface area contributed by atoms with Gasteiger partial charge in [0.1, 0.15) is 5.82 Å². The van der Waals surface area contributed by atoms with Crippen molar-refractivity contribution in [3.63, 3.8) is 0 Å². The second-order valence-electron chi connectivity index (χ2n) is 4.29. The minimum absolute atomic E-state index is 0.108. The fraction of sp³-hybridized carbons (Fsp3) is 0.133. The van der Waals surface area contributed by atoms with Gasteiger partial charge >= 0.3 is 0 Å². The topological polar surface area (TPSA) is 26.3 Å². The third kappa shape index (κ3) is 1.83. The van der Waals surface area contributed by atoms with Crippen molar-refractivity contribution in [2.45, 2.75) is 13.2 Å². The number of benzene rings is 2. The van der Waals surface area contributed by atoms with Gasteiger partial charge in [-0.1, -0.05) is 24.3 Å². The van der Waals surface area contributed by atoms with Crippen LogP contribution < -0.4 is 0 Å². The number of carbonyl (C=O) groups is 1. The van der Waals surface area contributed by atoms with Gasteiger partial charge < -0.3 is 4.74 Å². The van der Waals surface area contributed by atoms with Gasteiger partial charge in [-0.25, -0.2) is 4.39 Å². The zero-order valence-corrected chi connectivity index (χ0v) is 9.65. The van der Waals surface area contributed by atoms with E-state index < -0.39 is 5.82 Å². The predicted molar refractivity (Wildman–Crippen MR) is 64.8 cm³/mol. The van der Waals surface area contributed by atoms with Crippen molar-refractivity contribution < 1.29 is 13.9 Å². The van der Waals surface area contributed by atoms with E-state index in [1.54, 1.807) is 24.3 Å². The molecule has 0 aliphatic carbocycles. The summed E-state index contributed by atoms with van der Waals surface area (Å²) < 4.78 is 18.8. The quantitative estimate of drug-likeness (QED) is 0.756. The molecule has 0 fully saturated rings. The van der Waals surface area contributed by atoms with Crippen LogP contribution in [0.15, 0.2) is 42.5 Å². The lowest BCUT2D eigenvalue weighted by Gasteiger charge is -2.04. The molecule has 0 N–H and O–H groups in total. The van der Waals surface area contributed by atoms with Crippen LogP contribution >= 0.6 is 0 Å². The van der Waals surface area contributed by atoms with Gasteiger partial charge in [0.15, 0.2) is 5.78 Å². The van der Waals surface area contributed by atoms with Crippen molar-refractivity contribution in [3.05, 3.63) is 70.5 Å². The largest absolute Gasteiger partial charge is 0.372 e. The van der Waals surface area contributed by atoms with Gasteiger partial charge in [-0.3, -0.25) is 4.79 Å². The molecule has 0 atom stereocenters. The Labute approximate surface area is 104 Å². The van der Waals surface area contributed by atoms with Crippen LogP contribution in [0.1, 0.15) is 27.0 Å². The second-order valence-corrected chi connectivity index (χ2v) is 4.29. The van der Waals surface area contributed by atoms with E-state index in [0.29, 0.717) is 18.8 Å². The third-order valence-electron chi connectivity index (χ3n) is 3.10. The number of ketones is 1. The van der Waals surface area contributed by atoms with Crippen LogP contribution in [0.2, 0.25) is 0 Å². The van der Waals surface area contributed by atoms with Crippen LogP contribution in [-0.4, -0.2) is 5.78 Å². The van der Waals surface area contributed by atoms with Crippen LogP contribution in [0.3, 0.4) is 0 Å². The van der Waals surface area contributed by atoms with Gasteiger partial charge in [0, 0.05) is 5.56 Å². The first-order valence-corrected chi connectivity index (χ1v) is 5.74. The number of hydrogen-bond acceptors (Lipinski definition) is 2. The fourth-order valence-corrected chi connectivity index (χ4v) is 2.11. The summed E-state index contributed by atoms with van der Waals surface area (Å²) in [6.07, 6.45) is 0. The summed E-state index contributed by atoms with van der Waals surface area (Å²) in [5.74, 6) is -0.776. The first kappa shape index (κ1) is 11.1. The summed E-state index contributed by atoms with van der Waals surface area (Å²) in [7, 11) is 0. The maximum atomic E-state index is 13.6. The lowest BCUT2D eigenvalue weighted by molar-refractivity contribution is 0.103. The maximum absolute atomic E-state index is 13.6. The van der Waals surface area contributed by atoms with E-state index in [0.717, 1.165) is 11.1 Å². The Kier molecular flexibility index (Phi) is 2.68. The summed E-state index contributed by atoms with van der Waals surface area (Å²) in [5.41, 5.74) is 2.72. The highest BCUT2D eigenvalue weighted by Gasteiger charge is 2.17. The van der Waals surface area contributed by atoms with Crippen molar-refractivity contribution in [2.75, 3.05) is 0 Å². The van der Waals surface area contributed by atoms with E-state index in [4.69, 9.17) is 4.74 Å². The van der Waals surface area contributed by atoms with Crippen LogP contribution in [0.25, 0.3) is 0 Å². The summed E-state index contributed by atoms with van der Waals surface area (Å²) in [5, 5.41) is 0. The minimum atomic E-state index is -0.487. The minimum Gasteiger partial charge on any atom is -0.372 e. The molecule has 1 aliphatic rings. The first-order valence-electron chi connectivity index (χ1n) is 5.74. The summed E-state index contributed by atoms with van der Waals surface area (Å²) in [6, 6.07) is 11.4. The van der Waals surface area contributed by atoms with E-state index in [-0.39, 0.29) is 11.3 Å². The fourth-order valence-electron chi connectivity index (χ4n) is 2.11. The Morgan fingerprint density at radius 1 is 1.06 bits per heavy atom. The molecule has 0 saturated heterocycles. The highest BCUT2D eigenvalue weighted by Crippen LogP contribution is 2.22. The SMILES string of the molecule is O=C(c1ccc2c(c1)COC2)c1ccccc1F. The Morgan fingerprint density at radius 3 is 2.67 bits per heavy atom. The molecule has 0 aromatic heterocycles. The molecule has 2 aromatic carbocycles. The van der Waals surface area contributed by atoms with Gasteiger partial charge in [-0.15, -0.1) is 0 Å². The van der Waals surface area contributed by atoms with Crippen LogP contribution in [0, 0.1) is 5.82 Å². The second kappa shape index (κ2) is 4.35. The molecule has 2 nitrogen and oxygen atoms in total. The lowest BCUT2D eigenvalue weighted by Crippen LogP contribution is -2.04. The van der Waals surface area contributed by atoms with Crippen LogP contribution in [-0.2, 0) is 18.0 Å². The van der Waals surface area contributed by atoms with Gasteiger partial charge in [-0.2, -0.15) is 0 Å². The number of rotatable bonds is 2. The van der Waals surface area contributed by atoms with Crippen molar-refractivity contribution in [2.24, 2.45) is 0 Å². The molecule has 3 rings (SSSR count). The summed E-state index contributed by atoms with van der Waals surface area (Å²) >= 11 is 0.